The largest absolute Gasteiger partial charge is 0.388 e. The highest BCUT2D eigenvalue weighted by molar-refractivity contribution is 6.00. The monoisotopic (exact) mass is 290 g/mol. The molecular weight excluding hydrogens is 268 g/mol. The zero-order valence-electron chi connectivity index (χ0n) is 12.8. The highest BCUT2D eigenvalue weighted by Gasteiger charge is 2.22. The van der Waals surface area contributed by atoms with Crippen LogP contribution in [-0.2, 0) is 13.7 Å². The second-order valence-corrected chi connectivity index (χ2v) is 5.16. The minimum Gasteiger partial charge on any atom is -0.388 e. The topological polar surface area (TPSA) is 72.9 Å². The van der Waals surface area contributed by atoms with E-state index in [1.165, 1.54) is 0 Å². The van der Waals surface area contributed by atoms with Crippen LogP contribution in [-0.4, -0.2) is 30.2 Å². The summed E-state index contributed by atoms with van der Waals surface area (Å²) in [7, 11) is 1.80. The van der Waals surface area contributed by atoms with Crippen molar-refractivity contribution in [3.05, 3.63) is 29.5 Å². The van der Waals surface area contributed by atoms with Gasteiger partial charge in [-0.1, -0.05) is 19.8 Å². The van der Waals surface area contributed by atoms with Crippen molar-refractivity contribution in [2.45, 2.75) is 46.1 Å². The van der Waals surface area contributed by atoms with Crippen LogP contribution in [0.5, 0.6) is 0 Å². The highest BCUT2D eigenvalue weighted by Crippen LogP contribution is 2.22. The van der Waals surface area contributed by atoms with E-state index >= 15 is 0 Å². The predicted octanol–water partition coefficient (Wildman–Crippen LogP) is 2.17. The lowest BCUT2D eigenvalue weighted by Gasteiger charge is -2.09. The van der Waals surface area contributed by atoms with E-state index in [1.54, 1.807) is 28.7 Å². The summed E-state index contributed by atoms with van der Waals surface area (Å²) in [6, 6.07) is 0. The number of Topliss-reactive ketones (excluding diaryl/α,β-unsaturated/α-hetero) is 1. The van der Waals surface area contributed by atoms with Crippen molar-refractivity contribution < 1.29 is 9.90 Å². The molecule has 0 aromatic carbocycles. The summed E-state index contributed by atoms with van der Waals surface area (Å²) >= 11 is 0. The van der Waals surface area contributed by atoms with Crippen molar-refractivity contribution in [1.82, 2.24) is 19.3 Å². The van der Waals surface area contributed by atoms with Crippen LogP contribution in [0.4, 0.5) is 0 Å². The Morgan fingerprint density at radius 1 is 1.38 bits per heavy atom. The normalized spacial score (nSPS) is 11.0. The van der Waals surface area contributed by atoms with Crippen molar-refractivity contribution in [1.29, 1.82) is 0 Å². The number of imidazole rings is 1. The van der Waals surface area contributed by atoms with Gasteiger partial charge in [0.2, 0.25) is 0 Å². The SMILES string of the molecule is CCCCCC(=O)c1c(C)nn(C)c1-n1ccnc1CO. The summed E-state index contributed by atoms with van der Waals surface area (Å²) in [4.78, 5) is 16.6. The number of ketones is 1. The number of aryl methyl sites for hydroxylation is 2. The van der Waals surface area contributed by atoms with E-state index in [1.807, 2.05) is 6.92 Å². The first-order valence-corrected chi connectivity index (χ1v) is 7.30. The van der Waals surface area contributed by atoms with Gasteiger partial charge in [-0.3, -0.25) is 14.0 Å². The number of carbonyl (C=O) groups excluding carboxylic acids is 1. The van der Waals surface area contributed by atoms with Gasteiger partial charge in [0.05, 0.1) is 11.3 Å². The molecule has 0 atom stereocenters. The third kappa shape index (κ3) is 3.05. The minimum atomic E-state index is -0.180. The molecule has 2 heterocycles. The summed E-state index contributed by atoms with van der Waals surface area (Å²) in [5, 5.41) is 13.7. The smallest absolute Gasteiger partial charge is 0.168 e. The lowest BCUT2D eigenvalue weighted by Crippen LogP contribution is -2.11. The first kappa shape index (κ1) is 15.4. The predicted molar refractivity (Wildman–Crippen MR) is 79.5 cm³/mol. The maximum atomic E-state index is 12.5. The van der Waals surface area contributed by atoms with E-state index < -0.39 is 0 Å². The molecular formula is C15H22N4O2. The van der Waals surface area contributed by atoms with E-state index in [0.717, 1.165) is 19.3 Å². The van der Waals surface area contributed by atoms with Crippen molar-refractivity contribution in [2.24, 2.45) is 7.05 Å². The molecule has 0 amide bonds. The molecule has 0 spiro atoms. The van der Waals surface area contributed by atoms with Crippen molar-refractivity contribution >= 4 is 5.78 Å². The van der Waals surface area contributed by atoms with Gasteiger partial charge in [0.1, 0.15) is 18.2 Å². The van der Waals surface area contributed by atoms with Gasteiger partial charge in [-0.05, 0) is 13.3 Å². The number of aliphatic hydroxyl groups is 1. The Balaban J connectivity index is 2.40. The van der Waals surface area contributed by atoms with Crippen molar-refractivity contribution in [2.75, 3.05) is 0 Å². The van der Waals surface area contributed by atoms with Crippen molar-refractivity contribution in [3.63, 3.8) is 0 Å². The Labute approximate surface area is 124 Å². The second kappa shape index (κ2) is 6.67. The summed E-state index contributed by atoms with van der Waals surface area (Å²) in [5.74, 6) is 1.28. The Bertz CT molecular complexity index is 628. The molecule has 1 N–H and O–H groups in total. The van der Waals surface area contributed by atoms with Gasteiger partial charge in [0, 0.05) is 25.9 Å². The van der Waals surface area contributed by atoms with Crippen molar-refractivity contribution in [3.8, 4) is 5.82 Å². The van der Waals surface area contributed by atoms with Crippen LogP contribution in [0.25, 0.3) is 5.82 Å². The summed E-state index contributed by atoms with van der Waals surface area (Å²) in [6.45, 7) is 3.77. The molecule has 0 unspecified atom stereocenters. The fraction of sp³-hybridized carbons (Fsp3) is 0.533. The Kier molecular flexibility index (Phi) is 4.90. The molecule has 0 fully saturated rings. The number of hydrogen-bond donors (Lipinski definition) is 1. The summed E-state index contributed by atoms with van der Waals surface area (Å²) in [6.07, 6.45) is 6.90. The van der Waals surface area contributed by atoms with Gasteiger partial charge in [-0.2, -0.15) is 5.10 Å². The van der Waals surface area contributed by atoms with E-state index in [-0.39, 0.29) is 12.4 Å². The Morgan fingerprint density at radius 2 is 2.14 bits per heavy atom. The number of rotatable bonds is 7. The molecule has 2 aromatic rings. The average Bonchev–Trinajstić information content (AvgIpc) is 3.02. The van der Waals surface area contributed by atoms with Gasteiger partial charge in [0.15, 0.2) is 5.78 Å². The molecule has 0 aliphatic heterocycles. The van der Waals surface area contributed by atoms with Crippen LogP contribution in [0.2, 0.25) is 0 Å². The number of aromatic nitrogens is 4. The van der Waals surface area contributed by atoms with Crippen LogP contribution in [0, 0.1) is 6.92 Å². The summed E-state index contributed by atoms with van der Waals surface area (Å²) in [5.41, 5.74) is 1.34. The van der Waals surface area contributed by atoms with E-state index in [0.29, 0.717) is 29.3 Å². The molecule has 6 heteroatoms. The minimum absolute atomic E-state index is 0.0987. The number of aliphatic hydroxyl groups excluding tert-OH is 1. The zero-order chi connectivity index (χ0) is 15.4. The lowest BCUT2D eigenvalue weighted by atomic mass is 10.0. The molecule has 0 aliphatic carbocycles. The standard InChI is InChI=1S/C15H22N4O2/c1-4-5-6-7-12(21)14-11(2)17-18(3)15(14)19-9-8-16-13(19)10-20/h8-9,20H,4-7,10H2,1-3H3. The van der Waals surface area contributed by atoms with Crippen LogP contribution in [0.1, 0.15) is 54.5 Å². The number of nitrogens with zero attached hydrogens (tertiary/aromatic N) is 4. The van der Waals surface area contributed by atoms with Crippen LogP contribution in [0.3, 0.4) is 0 Å². The number of carbonyl (C=O) groups is 1. The van der Waals surface area contributed by atoms with Gasteiger partial charge in [0.25, 0.3) is 0 Å². The van der Waals surface area contributed by atoms with Gasteiger partial charge in [-0.15, -0.1) is 0 Å². The lowest BCUT2D eigenvalue weighted by molar-refractivity contribution is 0.0978. The molecule has 2 rings (SSSR count). The van der Waals surface area contributed by atoms with Gasteiger partial charge < -0.3 is 5.11 Å². The second-order valence-electron chi connectivity index (χ2n) is 5.16. The Morgan fingerprint density at radius 3 is 2.81 bits per heavy atom. The van der Waals surface area contributed by atoms with E-state index in [9.17, 15) is 9.90 Å². The van der Waals surface area contributed by atoms with Gasteiger partial charge in [-0.25, -0.2) is 4.98 Å². The zero-order valence-corrected chi connectivity index (χ0v) is 12.8. The van der Waals surface area contributed by atoms with Crippen LogP contribution < -0.4 is 0 Å². The fourth-order valence-electron chi connectivity index (χ4n) is 2.55. The molecule has 2 aromatic heterocycles. The first-order valence-electron chi connectivity index (χ1n) is 7.30. The van der Waals surface area contributed by atoms with Gasteiger partial charge >= 0.3 is 0 Å². The van der Waals surface area contributed by atoms with E-state index in [4.69, 9.17) is 0 Å². The number of hydrogen-bond acceptors (Lipinski definition) is 4. The quantitative estimate of drug-likeness (QED) is 0.626. The Hall–Kier alpha value is -1.95. The third-order valence-corrected chi connectivity index (χ3v) is 3.57. The average molecular weight is 290 g/mol. The third-order valence-electron chi connectivity index (χ3n) is 3.57. The number of unbranched alkanes of at least 4 members (excludes halogenated alkanes) is 2. The molecule has 0 saturated carbocycles. The summed E-state index contributed by atoms with van der Waals surface area (Å²) < 4.78 is 3.40. The molecule has 114 valence electrons. The maximum absolute atomic E-state index is 12.5. The fourth-order valence-corrected chi connectivity index (χ4v) is 2.55. The molecule has 0 aliphatic rings. The first-order chi connectivity index (χ1) is 10.1. The molecule has 0 radical (unpaired) electrons. The highest BCUT2D eigenvalue weighted by atomic mass is 16.3. The maximum Gasteiger partial charge on any atom is 0.168 e. The molecule has 21 heavy (non-hydrogen) atoms. The van der Waals surface area contributed by atoms with Crippen LogP contribution in [0.15, 0.2) is 12.4 Å². The molecule has 0 saturated heterocycles. The van der Waals surface area contributed by atoms with E-state index in [2.05, 4.69) is 17.0 Å². The van der Waals surface area contributed by atoms with Crippen LogP contribution >= 0.6 is 0 Å². The molecule has 0 bridgehead atoms. The molecule has 6 nitrogen and oxygen atoms in total.